The van der Waals surface area contributed by atoms with Crippen molar-refractivity contribution in [3.63, 3.8) is 0 Å². The summed E-state index contributed by atoms with van der Waals surface area (Å²) in [7, 11) is 2.79. The third-order valence-corrected chi connectivity index (χ3v) is 4.54. The second-order valence-electron chi connectivity index (χ2n) is 4.24. The fourth-order valence-corrected chi connectivity index (χ4v) is 3.27. The van der Waals surface area contributed by atoms with Crippen molar-refractivity contribution in [2.75, 3.05) is 20.8 Å². The van der Waals surface area contributed by atoms with Crippen LogP contribution in [-0.2, 0) is 14.3 Å². The molecule has 5 nitrogen and oxygen atoms in total. The van der Waals surface area contributed by atoms with E-state index in [1.807, 2.05) is 0 Å². The summed E-state index contributed by atoms with van der Waals surface area (Å²) in [5.74, 6) is -0.297. The first-order valence-corrected chi connectivity index (χ1v) is 7.72. The normalized spacial score (nSPS) is 16.3. The van der Waals surface area contributed by atoms with Gasteiger partial charge < -0.3 is 9.47 Å². The van der Waals surface area contributed by atoms with E-state index in [1.165, 1.54) is 19.1 Å². The van der Waals surface area contributed by atoms with Gasteiger partial charge in [-0.05, 0) is 23.8 Å². The number of ether oxygens (including phenoxy) is 2. The third-order valence-electron chi connectivity index (χ3n) is 2.86. The van der Waals surface area contributed by atoms with Gasteiger partial charge in [-0.2, -0.15) is 0 Å². The molecule has 2 rings (SSSR count). The molecule has 1 aromatic carbocycles. The topological polar surface area (TPSA) is 55.8 Å². The Morgan fingerprint density at radius 3 is 2.77 bits per heavy atom. The van der Waals surface area contributed by atoms with E-state index in [4.69, 9.17) is 28.6 Å². The van der Waals surface area contributed by atoms with Crippen molar-refractivity contribution in [1.82, 2.24) is 4.90 Å². The van der Waals surface area contributed by atoms with Gasteiger partial charge in [-0.15, -0.1) is 0 Å². The van der Waals surface area contributed by atoms with Gasteiger partial charge in [0.2, 0.25) is 0 Å². The van der Waals surface area contributed by atoms with Crippen LogP contribution in [0.3, 0.4) is 0 Å². The quantitative estimate of drug-likeness (QED) is 0.469. The number of thiocarbonyl (C=S) groups is 1. The highest BCUT2D eigenvalue weighted by Crippen LogP contribution is 2.33. The summed E-state index contributed by atoms with van der Waals surface area (Å²) in [6.45, 7) is -0.193. The zero-order chi connectivity index (χ0) is 16.3. The molecule has 1 saturated heterocycles. The lowest BCUT2D eigenvalue weighted by Gasteiger charge is -2.11. The maximum absolute atomic E-state index is 12.3. The van der Waals surface area contributed by atoms with Crippen LogP contribution in [0.1, 0.15) is 5.56 Å². The van der Waals surface area contributed by atoms with E-state index in [0.29, 0.717) is 20.0 Å². The van der Waals surface area contributed by atoms with E-state index in [2.05, 4.69) is 4.74 Å². The van der Waals surface area contributed by atoms with E-state index in [0.717, 1.165) is 17.3 Å². The van der Waals surface area contributed by atoms with Gasteiger partial charge in [0.1, 0.15) is 16.6 Å². The molecule has 0 spiro atoms. The third kappa shape index (κ3) is 3.60. The average Bonchev–Trinajstić information content (AvgIpc) is 2.75. The van der Waals surface area contributed by atoms with E-state index in [-0.39, 0.29) is 12.5 Å². The zero-order valence-electron chi connectivity index (χ0n) is 11.8. The molecule has 0 aliphatic carbocycles. The van der Waals surface area contributed by atoms with Crippen molar-refractivity contribution in [3.8, 4) is 5.75 Å². The van der Waals surface area contributed by atoms with Crippen LogP contribution in [0.5, 0.6) is 5.75 Å². The van der Waals surface area contributed by atoms with Crippen LogP contribution < -0.4 is 4.74 Å². The van der Waals surface area contributed by atoms with Crippen molar-refractivity contribution in [3.05, 3.63) is 33.7 Å². The number of benzene rings is 1. The number of thioether (sulfide) groups is 1. The number of amides is 1. The molecule has 0 unspecified atom stereocenters. The standard InChI is InChI=1S/C14H12ClNO4S2/c1-19-10-4-3-8(5-9(10)15)6-11-13(18)16(14(21)22-11)7-12(17)20-2/h3-6H,7H2,1-2H3/b11-6-. The van der Waals surface area contributed by atoms with Gasteiger partial charge in [-0.1, -0.05) is 41.6 Å². The molecule has 0 saturated carbocycles. The molecule has 1 aliphatic heterocycles. The van der Waals surface area contributed by atoms with Crippen molar-refractivity contribution < 1.29 is 19.1 Å². The first-order chi connectivity index (χ1) is 10.5. The number of hydrogen-bond acceptors (Lipinski definition) is 6. The molecule has 0 bridgehead atoms. The largest absolute Gasteiger partial charge is 0.495 e. The molecular weight excluding hydrogens is 346 g/mol. The van der Waals surface area contributed by atoms with Gasteiger partial charge in [-0.3, -0.25) is 14.5 Å². The van der Waals surface area contributed by atoms with Gasteiger partial charge in [0, 0.05) is 0 Å². The van der Waals surface area contributed by atoms with Crippen LogP contribution in [-0.4, -0.2) is 41.9 Å². The lowest BCUT2D eigenvalue weighted by Crippen LogP contribution is -2.33. The van der Waals surface area contributed by atoms with Crippen molar-refractivity contribution in [2.24, 2.45) is 0 Å². The summed E-state index contributed by atoms with van der Waals surface area (Å²) >= 11 is 12.3. The van der Waals surface area contributed by atoms with E-state index >= 15 is 0 Å². The highest BCUT2D eigenvalue weighted by atomic mass is 35.5. The summed E-state index contributed by atoms with van der Waals surface area (Å²) < 4.78 is 9.95. The number of hydrogen-bond donors (Lipinski definition) is 0. The molecule has 1 heterocycles. The Labute approximate surface area is 142 Å². The van der Waals surface area contributed by atoms with Crippen LogP contribution in [0.2, 0.25) is 5.02 Å². The smallest absolute Gasteiger partial charge is 0.325 e. The fourth-order valence-electron chi connectivity index (χ4n) is 1.75. The molecule has 1 aromatic rings. The minimum Gasteiger partial charge on any atom is -0.495 e. The van der Waals surface area contributed by atoms with Crippen LogP contribution in [0.25, 0.3) is 6.08 Å². The molecule has 0 atom stereocenters. The van der Waals surface area contributed by atoms with Crippen LogP contribution in [0.4, 0.5) is 0 Å². The molecule has 1 fully saturated rings. The molecule has 0 aromatic heterocycles. The Hall–Kier alpha value is -1.57. The Bertz CT molecular complexity index is 675. The predicted octanol–water partition coefficient (Wildman–Crippen LogP) is 2.72. The highest BCUT2D eigenvalue weighted by molar-refractivity contribution is 8.26. The van der Waals surface area contributed by atoms with Crippen LogP contribution >= 0.6 is 35.6 Å². The van der Waals surface area contributed by atoms with Gasteiger partial charge in [0.05, 0.1) is 24.1 Å². The molecule has 116 valence electrons. The van der Waals surface area contributed by atoms with Crippen molar-refractivity contribution in [1.29, 1.82) is 0 Å². The first kappa shape index (κ1) is 16.8. The van der Waals surface area contributed by atoms with Gasteiger partial charge in [0.15, 0.2) is 0 Å². The van der Waals surface area contributed by atoms with E-state index < -0.39 is 5.97 Å². The number of carbonyl (C=O) groups is 2. The molecule has 0 radical (unpaired) electrons. The zero-order valence-corrected chi connectivity index (χ0v) is 14.2. The average molecular weight is 358 g/mol. The first-order valence-electron chi connectivity index (χ1n) is 6.12. The van der Waals surface area contributed by atoms with Gasteiger partial charge >= 0.3 is 5.97 Å². The minimum absolute atomic E-state index is 0.193. The van der Waals surface area contributed by atoms with Gasteiger partial charge in [-0.25, -0.2) is 0 Å². The molecule has 8 heteroatoms. The summed E-state index contributed by atoms with van der Waals surface area (Å²) in [6.07, 6.45) is 1.67. The molecule has 1 amide bonds. The second kappa shape index (κ2) is 7.13. The number of carbonyl (C=O) groups excluding carboxylic acids is 2. The molecule has 1 aliphatic rings. The Morgan fingerprint density at radius 2 is 2.18 bits per heavy atom. The van der Waals surface area contributed by atoms with E-state index in [1.54, 1.807) is 24.3 Å². The fraction of sp³-hybridized carbons (Fsp3) is 0.214. The summed E-state index contributed by atoms with van der Waals surface area (Å²) in [4.78, 5) is 25.2. The highest BCUT2D eigenvalue weighted by Gasteiger charge is 2.33. The SMILES string of the molecule is COC(=O)CN1C(=O)/C(=C/c2ccc(OC)c(Cl)c2)SC1=S. The van der Waals surface area contributed by atoms with Crippen molar-refractivity contribution >= 4 is 57.9 Å². The number of methoxy groups -OCH3 is 2. The maximum atomic E-state index is 12.3. The lowest BCUT2D eigenvalue weighted by atomic mass is 10.2. The number of nitrogens with zero attached hydrogens (tertiary/aromatic N) is 1. The Kier molecular flexibility index (Phi) is 5.44. The van der Waals surface area contributed by atoms with E-state index in [9.17, 15) is 9.59 Å². The number of esters is 1. The maximum Gasteiger partial charge on any atom is 0.325 e. The van der Waals surface area contributed by atoms with Crippen LogP contribution in [0, 0.1) is 0 Å². The predicted molar refractivity (Wildman–Crippen MR) is 89.9 cm³/mol. The lowest BCUT2D eigenvalue weighted by molar-refractivity contribution is -0.143. The number of halogens is 1. The van der Waals surface area contributed by atoms with Crippen LogP contribution in [0.15, 0.2) is 23.1 Å². The van der Waals surface area contributed by atoms with Gasteiger partial charge in [0.25, 0.3) is 5.91 Å². The minimum atomic E-state index is -0.523. The molecule has 22 heavy (non-hydrogen) atoms. The Balaban J connectivity index is 2.22. The molecule has 0 N–H and O–H groups in total. The summed E-state index contributed by atoms with van der Waals surface area (Å²) in [6, 6.07) is 5.17. The molecular formula is C14H12ClNO4S2. The summed E-state index contributed by atoms with van der Waals surface area (Å²) in [5, 5.41) is 0.446. The number of rotatable bonds is 4. The monoisotopic (exact) mass is 357 g/mol. The van der Waals surface area contributed by atoms with Crippen molar-refractivity contribution in [2.45, 2.75) is 0 Å². The summed E-state index contributed by atoms with van der Waals surface area (Å²) in [5.41, 5.74) is 0.740. The second-order valence-corrected chi connectivity index (χ2v) is 6.32. The Morgan fingerprint density at radius 1 is 1.45 bits per heavy atom.